The van der Waals surface area contributed by atoms with Crippen molar-refractivity contribution in [3.8, 4) is 17.0 Å². The van der Waals surface area contributed by atoms with Gasteiger partial charge in [-0.1, -0.05) is 38.7 Å². The number of alkyl carbamates (subject to hydrolysis) is 1. The Labute approximate surface area is 251 Å². The quantitative estimate of drug-likeness (QED) is 0.103. The van der Waals surface area contributed by atoms with Crippen LogP contribution in [0.1, 0.15) is 52.4 Å². The maximum Gasteiger partial charge on any atom is 0.409 e. The fraction of sp³-hybridized carbons (Fsp3) is 0.516. The Kier molecular flexibility index (Phi) is 12.9. The van der Waals surface area contributed by atoms with E-state index in [0.29, 0.717) is 48.2 Å². The van der Waals surface area contributed by atoms with Crippen LogP contribution in [0.15, 0.2) is 49.7 Å². The Hall–Kier alpha value is -3.57. The molecular formula is C31H48N4O6Si. The standard InChI is InChI=1S/C31H48N4O6Si/c1-10-12-25(34-30(38)41-31(4,5)6)28-33-26(20-35(28)21-39-17-18-42(7,8)9)24-14-13-23(32-29(36)37)19-27(24)40-16-15-22(3)11-2/h10-11,13-14,19-20,22,25,32H,1-2,12,15-18,21H2,3-9H3,(H,34,38)(H,36,37)/t22?,25-/m0/s1. The van der Waals surface area contributed by atoms with Gasteiger partial charge in [0.25, 0.3) is 0 Å². The first-order valence-corrected chi connectivity index (χ1v) is 18.0. The second-order valence-electron chi connectivity index (χ2n) is 12.5. The molecule has 0 spiro atoms. The summed E-state index contributed by atoms with van der Waals surface area (Å²) in [6.45, 7) is 23.3. The number of ether oxygens (including phenoxy) is 3. The molecule has 2 rings (SSSR count). The van der Waals surface area contributed by atoms with E-state index >= 15 is 0 Å². The van der Waals surface area contributed by atoms with Gasteiger partial charge in [0.05, 0.1) is 18.3 Å². The lowest BCUT2D eigenvalue weighted by Crippen LogP contribution is -2.36. The molecule has 1 aromatic heterocycles. The van der Waals surface area contributed by atoms with E-state index in [9.17, 15) is 14.7 Å². The first-order chi connectivity index (χ1) is 19.6. The molecule has 2 aromatic rings. The molecule has 0 saturated heterocycles. The molecule has 0 aliphatic heterocycles. The zero-order chi connectivity index (χ0) is 31.5. The van der Waals surface area contributed by atoms with E-state index in [0.717, 1.165) is 12.5 Å². The SMILES string of the molecule is C=CC[C@H](NC(=O)OC(C)(C)C)c1nc(-c2ccc(NC(=O)O)cc2OCCC(C)C=C)cn1COCC[Si](C)(C)C. The van der Waals surface area contributed by atoms with Gasteiger partial charge in [-0.15, -0.1) is 13.2 Å². The molecule has 2 atom stereocenters. The van der Waals surface area contributed by atoms with Crippen LogP contribution in [0.4, 0.5) is 15.3 Å². The van der Waals surface area contributed by atoms with E-state index in [4.69, 9.17) is 19.2 Å². The number of anilines is 1. The van der Waals surface area contributed by atoms with Crippen LogP contribution >= 0.6 is 0 Å². The third kappa shape index (κ3) is 12.1. The highest BCUT2D eigenvalue weighted by molar-refractivity contribution is 6.76. The highest BCUT2D eigenvalue weighted by Gasteiger charge is 2.25. The molecule has 0 radical (unpaired) electrons. The van der Waals surface area contributed by atoms with Gasteiger partial charge in [0.2, 0.25) is 0 Å². The summed E-state index contributed by atoms with van der Waals surface area (Å²) in [5.41, 5.74) is 0.981. The Morgan fingerprint density at radius 3 is 2.50 bits per heavy atom. The number of amides is 2. The summed E-state index contributed by atoms with van der Waals surface area (Å²) in [5.74, 6) is 1.31. The second-order valence-corrected chi connectivity index (χ2v) is 18.1. The van der Waals surface area contributed by atoms with Crippen molar-refractivity contribution in [3.63, 3.8) is 0 Å². The van der Waals surface area contributed by atoms with Gasteiger partial charge in [-0.05, 0) is 57.7 Å². The Balaban J connectivity index is 2.51. The van der Waals surface area contributed by atoms with Crippen molar-refractivity contribution in [2.75, 3.05) is 18.5 Å². The van der Waals surface area contributed by atoms with Crippen molar-refractivity contribution in [1.82, 2.24) is 14.9 Å². The maximum absolute atomic E-state index is 12.7. The van der Waals surface area contributed by atoms with E-state index < -0.39 is 31.9 Å². The molecule has 3 N–H and O–H groups in total. The number of allylic oxidation sites excluding steroid dienone is 1. The lowest BCUT2D eigenvalue weighted by Gasteiger charge is -2.23. The number of carboxylic acid groups (broad SMARTS) is 1. The molecule has 0 saturated carbocycles. The fourth-order valence-electron chi connectivity index (χ4n) is 3.86. The molecule has 42 heavy (non-hydrogen) atoms. The van der Waals surface area contributed by atoms with Crippen molar-refractivity contribution in [3.05, 3.63) is 55.5 Å². The zero-order valence-electron chi connectivity index (χ0n) is 26.2. The number of nitrogens with zero attached hydrogens (tertiary/aromatic N) is 2. The van der Waals surface area contributed by atoms with Crippen LogP contribution < -0.4 is 15.4 Å². The first kappa shape index (κ1) is 34.6. The lowest BCUT2D eigenvalue weighted by molar-refractivity contribution is 0.0492. The van der Waals surface area contributed by atoms with E-state index in [1.54, 1.807) is 45.0 Å². The smallest absolute Gasteiger partial charge is 0.409 e. The summed E-state index contributed by atoms with van der Waals surface area (Å²) in [6.07, 6.45) is 4.86. The van der Waals surface area contributed by atoms with Gasteiger partial charge in [0, 0.05) is 38.2 Å². The van der Waals surface area contributed by atoms with Crippen molar-refractivity contribution >= 4 is 25.9 Å². The number of carbonyl (C=O) groups is 2. The van der Waals surface area contributed by atoms with Gasteiger partial charge in [-0.3, -0.25) is 5.32 Å². The summed E-state index contributed by atoms with van der Waals surface area (Å²) in [6, 6.07) is 5.55. The molecule has 1 aromatic carbocycles. The summed E-state index contributed by atoms with van der Waals surface area (Å²) < 4.78 is 19.6. The molecular weight excluding hydrogens is 552 g/mol. The highest BCUT2D eigenvalue weighted by Crippen LogP contribution is 2.34. The predicted octanol–water partition coefficient (Wildman–Crippen LogP) is 7.69. The lowest BCUT2D eigenvalue weighted by atomic mass is 10.1. The summed E-state index contributed by atoms with van der Waals surface area (Å²) in [4.78, 5) is 28.9. The molecule has 0 aliphatic rings. The molecule has 0 bridgehead atoms. The second kappa shape index (κ2) is 15.6. The zero-order valence-corrected chi connectivity index (χ0v) is 27.2. The largest absolute Gasteiger partial charge is 0.493 e. The average Bonchev–Trinajstić information content (AvgIpc) is 3.28. The Morgan fingerprint density at radius 2 is 1.90 bits per heavy atom. The van der Waals surface area contributed by atoms with Crippen LogP contribution in [-0.4, -0.2) is 53.7 Å². The molecule has 2 amide bonds. The van der Waals surface area contributed by atoms with Crippen LogP contribution in [-0.2, 0) is 16.2 Å². The van der Waals surface area contributed by atoms with E-state index in [-0.39, 0.29) is 12.6 Å². The number of benzene rings is 1. The van der Waals surface area contributed by atoms with Gasteiger partial charge in [-0.2, -0.15) is 0 Å². The summed E-state index contributed by atoms with van der Waals surface area (Å²) in [5, 5.41) is 14.5. The third-order valence-corrected chi connectivity index (χ3v) is 7.89. The summed E-state index contributed by atoms with van der Waals surface area (Å²) >= 11 is 0. The van der Waals surface area contributed by atoms with Crippen molar-refractivity contribution in [1.29, 1.82) is 0 Å². The van der Waals surface area contributed by atoms with E-state index in [1.807, 2.05) is 23.8 Å². The average molecular weight is 601 g/mol. The number of hydrogen-bond acceptors (Lipinski definition) is 6. The van der Waals surface area contributed by atoms with Crippen molar-refractivity contribution < 1.29 is 28.9 Å². The van der Waals surface area contributed by atoms with Gasteiger partial charge in [-0.25, -0.2) is 14.6 Å². The summed E-state index contributed by atoms with van der Waals surface area (Å²) in [7, 11) is -1.29. The third-order valence-electron chi connectivity index (χ3n) is 6.18. The topological polar surface area (TPSA) is 124 Å². The van der Waals surface area contributed by atoms with Crippen LogP contribution in [0, 0.1) is 5.92 Å². The molecule has 232 valence electrons. The number of aromatic nitrogens is 2. The molecule has 1 unspecified atom stereocenters. The van der Waals surface area contributed by atoms with E-state index in [2.05, 4.69) is 43.4 Å². The Morgan fingerprint density at radius 1 is 1.19 bits per heavy atom. The molecule has 0 fully saturated rings. The molecule has 11 heteroatoms. The van der Waals surface area contributed by atoms with Crippen LogP contribution in [0.3, 0.4) is 0 Å². The maximum atomic E-state index is 12.7. The minimum atomic E-state index is -1.29. The van der Waals surface area contributed by atoms with Gasteiger partial charge < -0.3 is 29.2 Å². The van der Waals surface area contributed by atoms with Crippen molar-refractivity contribution in [2.45, 2.75) is 84.6 Å². The van der Waals surface area contributed by atoms with Gasteiger partial charge >= 0.3 is 12.2 Å². The monoisotopic (exact) mass is 600 g/mol. The number of imidazole rings is 1. The minimum Gasteiger partial charge on any atom is -0.493 e. The Bertz CT molecular complexity index is 1210. The molecule has 10 nitrogen and oxygen atoms in total. The minimum absolute atomic E-state index is 0.238. The number of rotatable bonds is 16. The number of carbonyl (C=O) groups excluding carboxylic acids is 1. The normalized spacial score (nSPS) is 13.1. The van der Waals surface area contributed by atoms with Gasteiger partial charge in [0.15, 0.2) is 0 Å². The van der Waals surface area contributed by atoms with Gasteiger partial charge in [0.1, 0.15) is 23.9 Å². The van der Waals surface area contributed by atoms with Crippen LogP contribution in [0.2, 0.25) is 25.7 Å². The van der Waals surface area contributed by atoms with Crippen LogP contribution in [0.25, 0.3) is 11.3 Å². The van der Waals surface area contributed by atoms with Crippen molar-refractivity contribution in [2.24, 2.45) is 5.92 Å². The number of hydrogen-bond donors (Lipinski definition) is 3. The molecule has 0 aliphatic carbocycles. The van der Waals surface area contributed by atoms with E-state index in [1.165, 1.54) is 0 Å². The fourth-order valence-corrected chi connectivity index (χ4v) is 4.61. The highest BCUT2D eigenvalue weighted by atomic mass is 28.3. The first-order valence-electron chi connectivity index (χ1n) is 14.3. The molecule has 1 heterocycles. The number of nitrogens with one attached hydrogen (secondary N) is 2. The predicted molar refractivity (Wildman–Crippen MR) is 170 cm³/mol. The van der Waals surface area contributed by atoms with Crippen LogP contribution in [0.5, 0.6) is 5.75 Å².